The number of benzene rings is 1. The summed E-state index contributed by atoms with van der Waals surface area (Å²) in [6.45, 7) is 4.43. The third-order valence-corrected chi connectivity index (χ3v) is 7.36. The van der Waals surface area contributed by atoms with E-state index in [2.05, 4.69) is 21.9 Å². The van der Waals surface area contributed by atoms with E-state index in [0.717, 1.165) is 37.8 Å². The third kappa shape index (κ3) is 3.81. The highest BCUT2D eigenvalue weighted by Crippen LogP contribution is 2.36. The van der Waals surface area contributed by atoms with Gasteiger partial charge in [0.25, 0.3) is 5.91 Å². The number of fused-ring (bicyclic) bond motifs is 3. The molecule has 5 rings (SSSR count). The summed E-state index contributed by atoms with van der Waals surface area (Å²) in [7, 11) is -3.41. The summed E-state index contributed by atoms with van der Waals surface area (Å²) in [4.78, 5) is 16.2. The lowest BCUT2D eigenvalue weighted by molar-refractivity contribution is 0.0218. The van der Waals surface area contributed by atoms with Gasteiger partial charge < -0.3 is 5.32 Å². The largest absolute Gasteiger partial charge is 0.347 e. The van der Waals surface area contributed by atoms with Crippen molar-refractivity contribution in [2.45, 2.75) is 31.8 Å². The quantitative estimate of drug-likeness (QED) is 0.781. The van der Waals surface area contributed by atoms with Gasteiger partial charge >= 0.3 is 0 Å². The van der Waals surface area contributed by atoms with Gasteiger partial charge in [-0.2, -0.15) is 0 Å². The predicted octanol–water partition coefficient (Wildman–Crippen LogP) is 3.00. The summed E-state index contributed by atoms with van der Waals surface area (Å²) < 4.78 is 26.0. The van der Waals surface area contributed by atoms with Crippen molar-refractivity contribution in [2.24, 2.45) is 5.92 Å². The Morgan fingerprint density at radius 1 is 1.14 bits per heavy atom. The van der Waals surface area contributed by atoms with Crippen molar-refractivity contribution in [3.63, 3.8) is 0 Å². The standard InChI is InChI=1S/C20H25N3O3S2/c1-13-18(14-7-10-23(13)11-8-14)21-20(24)19-16(9-12-27-19)15-5-3-4-6-17(15)22-28(2,25)26/h3-6,9,12-14,18,22H,7-8,10-11H2,1-2H3,(H,21,24)/t13-,18-/m0/s1. The molecule has 3 saturated heterocycles. The highest BCUT2D eigenvalue weighted by molar-refractivity contribution is 7.92. The first kappa shape index (κ1) is 19.4. The number of carbonyl (C=O) groups excluding carboxylic acids is 1. The Labute approximate surface area is 170 Å². The number of amides is 1. The smallest absolute Gasteiger partial charge is 0.262 e. The number of rotatable bonds is 5. The normalized spacial score (nSPS) is 26.8. The Balaban J connectivity index is 1.61. The van der Waals surface area contributed by atoms with Crippen molar-refractivity contribution in [3.05, 3.63) is 40.6 Å². The van der Waals surface area contributed by atoms with Crippen LogP contribution in [0.25, 0.3) is 11.1 Å². The molecule has 0 spiro atoms. The summed E-state index contributed by atoms with van der Waals surface area (Å²) in [5.74, 6) is 0.455. The number of sulfonamides is 1. The molecule has 3 aliphatic rings. The van der Waals surface area contributed by atoms with E-state index in [1.165, 1.54) is 11.3 Å². The Morgan fingerprint density at radius 3 is 2.54 bits per heavy atom. The average Bonchev–Trinajstić information content (AvgIpc) is 3.14. The zero-order chi connectivity index (χ0) is 19.9. The maximum absolute atomic E-state index is 13.1. The van der Waals surface area contributed by atoms with E-state index in [0.29, 0.717) is 28.1 Å². The van der Waals surface area contributed by atoms with Gasteiger partial charge in [-0.05, 0) is 56.3 Å². The number of hydrogen-bond donors (Lipinski definition) is 2. The third-order valence-electron chi connectivity index (χ3n) is 5.86. The fraction of sp³-hybridized carbons (Fsp3) is 0.450. The van der Waals surface area contributed by atoms with E-state index in [9.17, 15) is 13.2 Å². The van der Waals surface area contributed by atoms with Crippen LogP contribution in [0.1, 0.15) is 29.4 Å². The van der Waals surface area contributed by atoms with E-state index in [1.807, 2.05) is 23.6 Å². The summed E-state index contributed by atoms with van der Waals surface area (Å²) in [5.41, 5.74) is 1.94. The predicted molar refractivity (Wildman–Crippen MR) is 113 cm³/mol. The zero-order valence-corrected chi connectivity index (χ0v) is 17.6. The molecule has 8 heteroatoms. The van der Waals surface area contributed by atoms with E-state index >= 15 is 0 Å². The fourth-order valence-corrected chi connectivity index (χ4v) is 5.85. The summed E-state index contributed by atoms with van der Waals surface area (Å²) in [6, 6.07) is 9.56. The Morgan fingerprint density at radius 2 is 1.86 bits per heavy atom. The molecule has 3 fully saturated rings. The first-order valence-corrected chi connectivity index (χ1v) is 12.3. The number of nitrogens with one attached hydrogen (secondary N) is 2. The molecule has 6 nitrogen and oxygen atoms in total. The first-order chi connectivity index (χ1) is 13.3. The minimum Gasteiger partial charge on any atom is -0.347 e. The van der Waals surface area contributed by atoms with Gasteiger partial charge in [0.15, 0.2) is 0 Å². The first-order valence-electron chi connectivity index (χ1n) is 9.53. The molecular formula is C20H25N3O3S2. The number of para-hydroxylation sites is 1. The molecule has 2 aromatic rings. The number of piperidine rings is 3. The van der Waals surface area contributed by atoms with E-state index in [4.69, 9.17) is 0 Å². The Hall–Kier alpha value is -1.90. The number of hydrogen-bond acceptors (Lipinski definition) is 5. The van der Waals surface area contributed by atoms with Gasteiger partial charge in [0.05, 0.1) is 16.8 Å². The lowest BCUT2D eigenvalue weighted by atomic mass is 9.79. The maximum Gasteiger partial charge on any atom is 0.262 e. The molecule has 4 heterocycles. The van der Waals surface area contributed by atoms with Crippen LogP contribution in [-0.2, 0) is 10.0 Å². The Kier molecular flexibility index (Phi) is 5.20. The van der Waals surface area contributed by atoms with Crippen LogP contribution in [0.4, 0.5) is 5.69 Å². The van der Waals surface area contributed by atoms with Gasteiger partial charge in [0, 0.05) is 23.2 Å². The highest BCUT2D eigenvalue weighted by atomic mass is 32.2. The fourth-order valence-electron chi connectivity index (χ4n) is 4.47. The number of nitrogens with zero attached hydrogens (tertiary/aromatic N) is 1. The van der Waals surface area contributed by atoms with Crippen molar-refractivity contribution in [2.75, 3.05) is 24.1 Å². The summed E-state index contributed by atoms with van der Waals surface area (Å²) in [6.07, 6.45) is 3.39. The highest BCUT2D eigenvalue weighted by Gasteiger charge is 2.40. The molecule has 1 amide bonds. The van der Waals surface area contributed by atoms with Gasteiger partial charge in [-0.1, -0.05) is 18.2 Å². The molecule has 1 aromatic carbocycles. The molecule has 1 aromatic heterocycles. The molecule has 150 valence electrons. The average molecular weight is 420 g/mol. The van der Waals surface area contributed by atoms with Crippen LogP contribution in [0.2, 0.25) is 0 Å². The van der Waals surface area contributed by atoms with Crippen LogP contribution in [0.15, 0.2) is 35.7 Å². The lowest BCUT2D eigenvalue weighted by Crippen LogP contribution is -2.62. The topological polar surface area (TPSA) is 78.5 Å². The van der Waals surface area contributed by atoms with E-state index < -0.39 is 10.0 Å². The van der Waals surface area contributed by atoms with Crippen molar-refractivity contribution >= 4 is 33.0 Å². The summed E-state index contributed by atoms with van der Waals surface area (Å²) >= 11 is 1.39. The van der Waals surface area contributed by atoms with Crippen LogP contribution >= 0.6 is 11.3 Å². The molecule has 0 aliphatic carbocycles. The van der Waals surface area contributed by atoms with Crippen LogP contribution in [-0.4, -0.2) is 50.7 Å². The van der Waals surface area contributed by atoms with Crippen molar-refractivity contribution < 1.29 is 13.2 Å². The minimum absolute atomic E-state index is 0.0789. The van der Waals surface area contributed by atoms with Crippen LogP contribution in [0.3, 0.4) is 0 Å². The van der Waals surface area contributed by atoms with Gasteiger partial charge in [-0.3, -0.25) is 14.4 Å². The Bertz CT molecular complexity index is 976. The van der Waals surface area contributed by atoms with E-state index in [-0.39, 0.29) is 11.9 Å². The van der Waals surface area contributed by atoms with Gasteiger partial charge in [0.2, 0.25) is 10.0 Å². The zero-order valence-electron chi connectivity index (χ0n) is 16.0. The molecule has 2 atom stereocenters. The van der Waals surface area contributed by atoms with Crippen molar-refractivity contribution in [1.82, 2.24) is 10.2 Å². The van der Waals surface area contributed by atoms with Crippen LogP contribution < -0.4 is 10.0 Å². The monoisotopic (exact) mass is 419 g/mol. The second kappa shape index (κ2) is 7.50. The molecule has 28 heavy (non-hydrogen) atoms. The molecule has 0 unspecified atom stereocenters. The van der Waals surface area contributed by atoms with Crippen LogP contribution in [0, 0.1) is 5.92 Å². The second-order valence-electron chi connectivity index (χ2n) is 7.70. The van der Waals surface area contributed by atoms with Gasteiger partial charge in [0.1, 0.15) is 0 Å². The SMILES string of the molecule is C[C@H]1[C@H](NC(=O)c2sccc2-c2ccccc2NS(C)(=O)=O)C2CCN1CC2. The summed E-state index contributed by atoms with van der Waals surface area (Å²) in [5, 5.41) is 5.15. The van der Waals surface area contributed by atoms with Crippen LogP contribution in [0.5, 0.6) is 0 Å². The number of carbonyl (C=O) groups is 1. The molecule has 0 radical (unpaired) electrons. The number of anilines is 1. The molecular weight excluding hydrogens is 394 g/mol. The van der Waals surface area contributed by atoms with Crippen molar-refractivity contribution in [1.29, 1.82) is 0 Å². The van der Waals surface area contributed by atoms with Crippen molar-refractivity contribution in [3.8, 4) is 11.1 Å². The second-order valence-corrected chi connectivity index (χ2v) is 10.4. The maximum atomic E-state index is 13.1. The van der Waals surface area contributed by atoms with E-state index in [1.54, 1.807) is 12.1 Å². The minimum atomic E-state index is -3.41. The van der Waals surface area contributed by atoms with Gasteiger partial charge in [-0.25, -0.2) is 8.42 Å². The molecule has 2 bridgehead atoms. The molecule has 2 N–H and O–H groups in total. The number of thiophene rings is 1. The molecule has 3 aliphatic heterocycles. The molecule has 0 saturated carbocycles. The lowest BCUT2D eigenvalue weighted by Gasteiger charge is -2.49. The van der Waals surface area contributed by atoms with Gasteiger partial charge in [-0.15, -0.1) is 11.3 Å².